The van der Waals surface area contributed by atoms with E-state index in [4.69, 9.17) is 10.9 Å². The average molecular weight is 408 g/mol. The first-order valence-electron chi connectivity index (χ1n) is 9.30. The van der Waals surface area contributed by atoms with Crippen molar-refractivity contribution in [2.75, 3.05) is 16.8 Å². The van der Waals surface area contributed by atoms with Gasteiger partial charge in [-0.1, -0.05) is 56.4 Å². The van der Waals surface area contributed by atoms with Gasteiger partial charge in [0, 0.05) is 29.8 Å². The Labute approximate surface area is 169 Å². The van der Waals surface area contributed by atoms with E-state index in [-0.39, 0.29) is 5.78 Å². The van der Waals surface area contributed by atoms with Crippen LogP contribution in [0.15, 0.2) is 24.5 Å². The van der Waals surface area contributed by atoms with Crippen LogP contribution in [0.2, 0.25) is 0 Å². The standard InChI is InChI=1S/C15H18N4OS.C4H11NS/c16-14-13(12(20)10-5-4-8-17-9-10)21-15(19-14)18-11-6-2-1-3-7-11;1-4(2)3-6-5/h4-5,8-9,11H,1-3,6-7,16H2,(H,18,19);4H,3,5H2,1-2H3. The van der Waals surface area contributed by atoms with Crippen LogP contribution < -0.4 is 16.2 Å². The molecule has 148 valence electrons. The van der Waals surface area contributed by atoms with Crippen LogP contribution in [0.3, 0.4) is 0 Å². The molecule has 0 aliphatic heterocycles. The van der Waals surface area contributed by atoms with E-state index in [0.29, 0.717) is 22.3 Å². The van der Waals surface area contributed by atoms with Crippen LogP contribution in [0, 0.1) is 5.92 Å². The third kappa shape index (κ3) is 7.12. The maximum absolute atomic E-state index is 12.4. The monoisotopic (exact) mass is 407 g/mol. The van der Waals surface area contributed by atoms with Crippen LogP contribution in [0.25, 0.3) is 0 Å². The first kappa shape index (κ1) is 21.7. The average Bonchev–Trinajstić information content (AvgIpc) is 3.03. The van der Waals surface area contributed by atoms with Crippen LogP contribution in [0.4, 0.5) is 10.9 Å². The Morgan fingerprint density at radius 1 is 1.37 bits per heavy atom. The predicted molar refractivity (Wildman–Crippen MR) is 116 cm³/mol. The third-order valence-corrected chi connectivity index (χ3v) is 6.01. The lowest BCUT2D eigenvalue weighted by molar-refractivity contribution is 0.104. The molecule has 27 heavy (non-hydrogen) atoms. The summed E-state index contributed by atoms with van der Waals surface area (Å²) in [6, 6.07) is 3.93. The number of nitrogen functional groups attached to an aromatic ring is 1. The van der Waals surface area contributed by atoms with Crippen LogP contribution in [-0.4, -0.2) is 27.5 Å². The Bertz CT molecular complexity index is 699. The van der Waals surface area contributed by atoms with Gasteiger partial charge in [-0.2, -0.15) is 0 Å². The molecule has 0 radical (unpaired) electrons. The number of nitrogens with one attached hydrogen (secondary N) is 1. The Balaban J connectivity index is 0.000000380. The lowest BCUT2D eigenvalue weighted by Gasteiger charge is -2.22. The van der Waals surface area contributed by atoms with E-state index in [1.165, 1.54) is 42.5 Å². The van der Waals surface area contributed by atoms with Gasteiger partial charge >= 0.3 is 0 Å². The molecule has 1 aliphatic rings. The van der Waals surface area contributed by atoms with Crippen molar-refractivity contribution in [3.8, 4) is 0 Å². The first-order chi connectivity index (χ1) is 13.0. The molecule has 3 rings (SSSR count). The summed E-state index contributed by atoms with van der Waals surface area (Å²) in [4.78, 5) is 21.1. The number of ketones is 1. The van der Waals surface area contributed by atoms with Crippen molar-refractivity contribution in [3.63, 3.8) is 0 Å². The molecule has 8 heteroatoms. The Kier molecular flexibility index (Phi) is 9.03. The quantitative estimate of drug-likeness (QED) is 0.483. The second-order valence-electron chi connectivity index (χ2n) is 7.01. The summed E-state index contributed by atoms with van der Waals surface area (Å²) >= 11 is 2.74. The van der Waals surface area contributed by atoms with Crippen LogP contribution in [-0.2, 0) is 0 Å². The number of nitrogens with two attached hydrogens (primary N) is 2. The molecule has 1 fully saturated rings. The van der Waals surface area contributed by atoms with E-state index in [1.807, 2.05) is 0 Å². The molecule has 0 spiro atoms. The highest BCUT2D eigenvalue weighted by Gasteiger charge is 2.20. The van der Waals surface area contributed by atoms with Crippen molar-refractivity contribution in [3.05, 3.63) is 35.0 Å². The summed E-state index contributed by atoms with van der Waals surface area (Å²) < 4.78 is 0. The van der Waals surface area contributed by atoms with Crippen molar-refractivity contribution < 1.29 is 4.79 Å². The highest BCUT2D eigenvalue weighted by atomic mass is 32.2. The number of rotatable bonds is 6. The predicted octanol–water partition coefficient (Wildman–Crippen LogP) is 4.35. The molecule has 0 aromatic carbocycles. The highest BCUT2D eigenvalue weighted by molar-refractivity contribution is 7.97. The maximum atomic E-state index is 12.4. The topological polar surface area (TPSA) is 107 Å². The van der Waals surface area contributed by atoms with Gasteiger partial charge in [-0.15, -0.1) is 0 Å². The highest BCUT2D eigenvalue weighted by Crippen LogP contribution is 2.29. The molecule has 2 heterocycles. The second-order valence-corrected chi connectivity index (χ2v) is 8.68. The zero-order valence-electron chi connectivity index (χ0n) is 16.0. The van der Waals surface area contributed by atoms with Crippen molar-refractivity contribution in [2.24, 2.45) is 11.1 Å². The van der Waals surface area contributed by atoms with Crippen LogP contribution >= 0.6 is 23.3 Å². The van der Waals surface area contributed by atoms with Crippen molar-refractivity contribution in [2.45, 2.75) is 52.0 Å². The van der Waals surface area contributed by atoms with Crippen molar-refractivity contribution >= 4 is 40.0 Å². The van der Waals surface area contributed by atoms with Crippen molar-refractivity contribution in [1.82, 2.24) is 9.97 Å². The Morgan fingerprint density at radius 3 is 2.67 bits per heavy atom. The van der Waals surface area contributed by atoms with Gasteiger partial charge in [0.2, 0.25) is 5.78 Å². The largest absolute Gasteiger partial charge is 0.382 e. The second kappa shape index (κ2) is 11.3. The van der Waals surface area contributed by atoms with Gasteiger partial charge in [0.1, 0.15) is 10.7 Å². The maximum Gasteiger partial charge on any atom is 0.208 e. The minimum Gasteiger partial charge on any atom is -0.382 e. The summed E-state index contributed by atoms with van der Waals surface area (Å²) in [5.41, 5.74) is 6.44. The number of carbonyl (C=O) groups is 1. The van der Waals surface area contributed by atoms with Gasteiger partial charge in [0.25, 0.3) is 0 Å². The molecule has 0 atom stereocenters. The van der Waals surface area contributed by atoms with E-state index in [0.717, 1.165) is 29.6 Å². The zero-order valence-corrected chi connectivity index (χ0v) is 17.6. The van der Waals surface area contributed by atoms with Crippen molar-refractivity contribution in [1.29, 1.82) is 0 Å². The number of pyridine rings is 1. The van der Waals surface area contributed by atoms with E-state index >= 15 is 0 Å². The van der Waals surface area contributed by atoms with Gasteiger partial charge in [-0.25, -0.2) is 4.98 Å². The Morgan fingerprint density at radius 2 is 2.11 bits per heavy atom. The van der Waals surface area contributed by atoms with E-state index in [9.17, 15) is 4.79 Å². The number of anilines is 2. The van der Waals surface area contributed by atoms with Crippen LogP contribution in [0.5, 0.6) is 0 Å². The van der Waals surface area contributed by atoms with E-state index in [1.54, 1.807) is 24.5 Å². The molecule has 6 nitrogen and oxygen atoms in total. The van der Waals surface area contributed by atoms with Gasteiger partial charge in [0.15, 0.2) is 5.13 Å². The van der Waals surface area contributed by atoms with Gasteiger partial charge in [-0.05, 0) is 30.9 Å². The fourth-order valence-electron chi connectivity index (χ4n) is 2.80. The minimum atomic E-state index is -0.116. The number of hydrogen-bond donors (Lipinski definition) is 3. The normalized spacial score (nSPS) is 14.5. The number of nitrogens with zero attached hydrogens (tertiary/aromatic N) is 2. The van der Waals surface area contributed by atoms with Gasteiger partial charge in [0.05, 0.1) is 0 Å². The number of aromatic nitrogens is 2. The molecule has 0 amide bonds. The van der Waals surface area contributed by atoms with Crippen LogP contribution in [0.1, 0.15) is 61.2 Å². The summed E-state index contributed by atoms with van der Waals surface area (Å²) in [5.74, 6) is 1.99. The lowest BCUT2D eigenvalue weighted by Crippen LogP contribution is -2.22. The fourth-order valence-corrected chi connectivity index (χ4v) is 4.11. The first-order valence-corrected chi connectivity index (χ1v) is 11.2. The zero-order chi connectivity index (χ0) is 19.6. The molecule has 2 aromatic rings. The summed E-state index contributed by atoms with van der Waals surface area (Å²) in [6.45, 7) is 4.31. The summed E-state index contributed by atoms with van der Waals surface area (Å²) in [7, 11) is 0. The smallest absolute Gasteiger partial charge is 0.208 e. The fraction of sp³-hybridized carbons (Fsp3) is 0.526. The third-order valence-electron chi connectivity index (χ3n) is 4.15. The Hall–Kier alpha value is -1.64. The molecular formula is C19H29N5OS2. The number of carbonyl (C=O) groups excluding carboxylic acids is 1. The molecule has 2 aromatic heterocycles. The summed E-state index contributed by atoms with van der Waals surface area (Å²) in [6.07, 6.45) is 9.32. The molecular weight excluding hydrogens is 378 g/mol. The molecule has 0 saturated heterocycles. The SMILES string of the molecule is CC(C)CSN.Nc1nc(NC2CCCCC2)sc1C(=O)c1cccnc1. The molecule has 1 saturated carbocycles. The minimum absolute atomic E-state index is 0.116. The molecule has 1 aliphatic carbocycles. The molecule has 0 bridgehead atoms. The number of thiazole rings is 1. The number of hydrogen-bond acceptors (Lipinski definition) is 8. The van der Waals surface area contributed by atoms with Gasteiger partial charge in [-0.3, -0.25) is 14.9 Å². The summed E-state index contributed by atoms with van der Waals surface area (Å²) in [5, 5.41) is 9.30. The van der Waals surface area contributed by atoms with Gasteiger partial charge < -0.3 is 11.1 Å². The van der Waals surface area contributed by atoms with E-state index < -0.39 is 0 Å². The lowest BCUT2D eigenvalue weighted by atomic mass is 9.96. The molecule has 5 N–H and O–H groups in total. The van der Waals surface area contributed by atoms with E-state index in [2.05, 4.69) is 29.1 Å². The molecule has 0 unspecified atom stereocenters.